The van der Waals surface area contributed by atoms with E-state index >= 15 is 0 Å². The van der Waals surface area contributed by atoms with Crippen LogP contribution in [0, 0.1) is 0 Å². The van der Waals surface area contributed by atoms with E-state index in [2.05, 4.69) is 9.98 Å². The number of amidine groups is 1. The molecular formula is C17H32N4. The molecule has 0 bridgehead atoms. The van der Waals surface area contributed by atoms with Crippen LogP contribution >= 0.6 is 0 Å². The van der Waals surface area contributed by atoms with Gasteiger partial charge in [0, 0.05) is 0 Å². The first-order valence-electron chi connectivity index (χ1n) is 7.94. The zero-order chi connectivity index (χ0) is 16.9. The number of hydrogen-bond donors (Lipinski definition) is 2. The number of hydrogen-bond acceptors (Lipinski definition) is 4. The summed E-state index contributed by atoms with van der Waals surface area (Å²) in [6, 6.07) is 9.87. The Balaban J connectivity index is 0. The van der Waals surface area contributed by atoms with E-state index in [0.717, 1.165) is 12.0 Å². The van der Waals surface area contributed by atoms with E-state index in [-0.39, 0.29) is 5.96 Å². The van der Waals surface area contributed by atoms with Gasteiger partial charge in [-0.3, -0.25) is 0 Å². The van der Waals surface area contributed by atoms with Crippen LogP contribution < -0.4 is 11.5 Å². The maximum absolute atomic E-state index is 5.90. The highest BCUT2D eigenvalue weighted by atomic mass is 15.2. The molecule has 1 unspecified atom stereocenters. The molecule has 0 fully saturated rings. The largest absolute Gasteiger partial charge is 0.385 e. The topological polar surface area (TPSA) is 76.8 Å². The van der Waals surface area contributed by atoms with Crippen LogP contribution in [-0.2, 0) is 5.54 Å². The minimum atomic E-state index is -0.550. The SMILES string of the molecule is CC.CC.CC.CCC1(c2ccccc2)N=C(N)N=C1N. The number of nitrogens with zero attached hydrogens (tertiary/aromatic N) is 2. The lowest BCUT2D eigenvalue weighted by Gasteiger charge is -2.24. The number of nitrogens with two attached hydrogens (primary N) is 2. The van der Waals surface area contributed by atoms with Gasteiger partial charge in [0.1, 0.15) is 11.4 Å². The quantitative estimate of drug-likeness (QED) is 0.862. The summed E-state index contributed by atoms with van der Waals surface area (Å²) in [7, 11) is 0. The van der Waals surface area contributed by atoms with Gasteiger partial charge in [0.05, 0.1) is 0 Å². The summed E-state index contributed by atoms with van der Waals surface area (Å²) >= 11 is 0. The Labute approximate surface area is 130 Å². The summed E-state index contributed by atoms with van der Waals surface area (Å²) in [6.45, 7) is 14.0. The summed E-state index contributed by atoms with van der Waals surface area (Å²) in [5, 5.41) is 0. The van der Waals surface area contributed by atoms with Crippen LogP contribution in [0.5, 0.6) is 0 Å². The Bertz CT molecular complexity index is 424. The average molecular weight is 292 g/mol. The molecule has 2 rings (SSSR count). The van der Waals surface area contributed by atoms with Gasteiger partial charge in [-0.15, -0.1) is 0 Å². The zero-order valence-corrected chi connectivity index (χ0v) is 14.6. The number of rotatable bonds is 2. The number of guanidine groups is 1. The molecule has 1 aromatic rings. The molecule has 0 amide bonds. The third-order valence-electron chi connectivity index (χ3n) is 2.73. The van der Waals surface area contributed by atoms with Crippen molar-refractivity contribution in [1.29, 1.82) is 0 Å². The van der Waals surface area contributed by atoms with E-state index in [0.29, 0.717) is 5.84 Å². The van der Waals surface area contributed by atoms with Crippen LogP contribution in [0.15, 0.2) is 40.3 Å². The average Bonchev–Trinajstić information content (AvgIpc) is 2.89. The van der Waals surface area contributed by atoms with Crippen molar-refractivity contribution in [2.45, 2.75) is 60.4 Å². The fourth-order valence-corrected chi connectivity index (χ4v) is 1.88. The predicted molar refractivity (Wildman–Crippen MR) is 95.7 cm³/mol. The van der Waals surface area contributed by atoms with Gasteiger partial charge < -0.3 is 11.5 Å². The molecule has 120 valence electrons. The van der Waals surface area contributed by atoms with Crippen molar-refractivity contribution < 1.29 is 0 Å². The van der Waals surface area contributed by atoms with Gasteiger partial charge in [-0.05, 0) is 12.0 Å². The predicted octanol–water partition coefficient (Wildman–Crippen LogP) is 4.06. The summed E-state index contributed by atoms with van der Waals surface area (Å²) in [5.41, 5.74) is 12.0. The summed E-state index contributed by atoms with van der Waals surface area (Å²) in [6.07, 6.45) is 0.757. The van der Waals surface area contributed by atoms with Crippen LogP contribution in [0.2, 0.25) is 0 Å². The molecule has 0 aliphatic carbocycles. The second-order valence-electron chi connectivity index (χ2n) is 3.55. The minimum absolute atomic E-state index is 0.262. The molecule has 1 aliphatic heterocycles. The lowest BCUT2D eigenvalue weighted by atomic mass is 9.87. The maximum atomic E-state index is 5.90. The Morgan fingerprint density at radius 3 is 1.71 bits per heavy atom. The van der Waals surface area contributed by atoms with Crippen molar-refractivity contribution in [3.8, 4) is 0 Å². The van der Waals surface area contributed by atoms with Crippen molar-refractivity contribution in [1.82, 2.24) is 0 Å². The van der Waals surface area contributed by atoms with Crippen molar-refractivity contribution in [3.05, 3.63) is 35.9 Å². The molecule has 0 aromatic heterocycles. The summed E-state index contributed by atoms with van der Waals surface area (Å²) < 4.78 is 0. The first-order chi connectivity index (χ1) is 10.2. The number of aliphatic imine (C=N–C) groups is 2. The van der Waals surface area contributed by atoms with Crippen molar-refractivity contribution in [3.63, 3.8) is 0 Å². The molecule has 1 aliphatic rings. The molecule has 4 nitrogen and oxygen atoms in total. The van der Waals surface area contributed by atoms with E-state index in [9.17, 15) is 0 Å². The molecule has 1 atom stereocenters. The molecule has 1 aromatic carbocycles. The Hall–Kier alpha value is -1.84. The fraction of sp³-hybridized carbons (Fsp3) is 0.529. The standard InChI is InChI=1S/C11H14N4.3C2H6/c1-2-11(8-6-4-3-5-7-8)9(12)14-10(13)15-11;3*1-2/h3-7H,2H2,1H3,(H4,12,13,14,15);3*1-2H3. The molecule has 1 heterocycles. The normalized spacial score (nSPS) is 18.6. The number of benzene rings is 1. The Kier molecular flexibility index (Phi) is 12.2. The zero-order valence-electron chi connectivity index (χ0n) is 14.6. The van der Waals surface area contributed by atoms with Crippen molar-refractivity contribution in [2.24, 2.45) is 21.5 Å². The molecule has 0 spiro atoms. The van der Waals surface area contributed by atoms with E-state index in [1.807, 2.05) is 78.8 Å². The highest BCUT2D eigenvalue weighted by Crippen LogP contribution is 2.32. The van der Waals surface area contributed by atoms with E-state index in [1.54, 1.807) is 0 Å². The molecule has 0 saturated carbocycles. The van der Waals surface area contributed by atoms with Gasteiger partial charge in [0.25, 0.3) is 0 Å². The van der Waals surface area contributed by atoms with Crippen molar-refractivity contribution >= 4 is 11.8 Å². The molecule has 0 saturated heterocycles. The fourth-order valence-electron chi connectivity index (χ4n) is 1.88. The third-order valence-corrected chi connectivity index (χ3v) is 2.73. The van der Waals surface area contributed by atoms with Crippen LogP contribution in [-0.4, -0.2) is 11.8 Å². The van der Waals surface area contributed by atoms with Gasteiger partial charge in [-0.1, -0.05) is 78.8 Å². The van der Waals surface area contributed by atoms with Gasteiger partial charge in [0.15, 0.2) is 0 Å². The molecule has 4 N–H and O–H groups in total. The lowest BCUT2D eigenvalue weighted by molar-refractivity contribution is 0.589. The van der Waals surface area contributed by atoms with E-state index < -0.39 is 5.54 Å². The third kappa shape index (κ3) is 5.21. The smallest absolute Gasteiger partial charge is 0.218 e. The van der Waals surface area contributed by atoms with Crippen LogP contribution in [0.3, 0.4) is 0 Å². The summed E-state index contributed by atoms with van der Waals surface area (Å²) in [4.78, 5) is 8.37. The van der Waals surface area contributed by atoms with Gasteiger partial charge in [-0.2, -0.15) is 4.99 Å². The first kappa shape index (κ1) is 21.5. The van der Waals surface area contributed by atoms with E-state index in [1.165, 1.54) is 0 Å². The van der Waals surface area contributed by atoms with Crippen LogP contribution in [0.4, 0.5) is 0 Å². The van der Waals surface area contributed by atoms with Gasteiger partial charge >= 0.3 is 0 Å². The van der Waals surface area contributed by atoms with Gasteiger partial charge in [0.2, 0.25) is 5.96 Å². The van der Waals surface area contributed by atoms with Gasteiger partial charge in [-0.25, -0.2) is 4.99 Å². The second kappa shape index (κ2) is 11.9. The molecule has 4 heteroatoms. The first-order valence-corrected chi connectivity index (χ1v) is 7.94. The summed E-state index contributed by atoms with van der Waals surface area (Å²) in [5.74, 6) is 0.743. The van der Waals surface area contributed by atoms with E-state index in [4.69, 9.17) is 11.5 Å². The Morgan fingerprint density at radius 2 is 1.38 bits per heavy atom. The molecule has 21 heavy (non-hydrogen) atoms. The highest BCUT2D eigenvalue weighted by molar-refractivity contribution is 6.05. The second-order valence-corrected chi connectivity index (χ2v) is 3.55. The maximum Gasteiger partial charge on any atom is 0.218 e. The van der Waals surface area contributed by atoms with Crippen LogP contribution in [0.1, 0.15) is 60.5 Å². The minimum Gasteiger partial charge on any atom is -0.385 e. The van der Waals surface area contributed by atoms with Crippen LogP contribution in [0.25, 0.3) is 0 Å². The monoisotopic (exact) mass is 292 g/mol. The Morgan fingerprint density at radius 1 is 0.905 bits per heavy atom. The highest BCUT2D eigenvalue weighted by Gasteiger charge is 2.38. The van der Waals surface area contributed by atoms with Crippen molar-refractivity contribution in [2.75, 3.05) is 0 Å². The lowest BCUT2D eigenvalue weighted by Crippen LogP contribution is -2.36. The molecular weight excluding hydrogens is 260 g/mol. The molecule has 0 radical (unpaired) electrons.